The third kappa shape index (κ3) is 4.51. The molecule has 1 aliphatic rings. The molecule has 0 aliphatic carbocycles. The molecule has 142 valence electrons. The SMILES string of the molecule is CC(C)CN1C(=O)/C(=C\c2ccc(COc3ccc(F)cc3F)o2)NC1=S. The Hall–Kier alpha value is -2.74. The van der Waals surface area contributed by atoms with Gasteiger partial charge in [-0.2, -0.15) is 0 Å². The first-order valence-corrected chi connectivity index (χ1v) is 8.75. The number of thiocarbonyl (C=S) groups is 1. The van der Waals surface area contributed by atoms with Crippen LogP contribution in [0.4, 0.5) is 8.78 Å². The highest BCUT2D eigenvalue weighted by atomic mass is 32.1. The Kier molecular flexibility index (Phi) is 5.55. The zero-order valence-corrected chi connectivity index (χ0v) is 15.6. The summed E-state index contributed by atoms with van der Waals surface area (Å²) >= 11 is 5.19. The minimum atomic E-state index is -0.789. The molecule has 1 aliphatic heterocycles. The van der Waals surface area contributed by atoms with Crippen molar-refractivity contribution in [2.24, 2.45) is 5.92 Å². The van der Waals surface area contributed by atoms with Crippen molar-refractivity contribution in [3.8, 4) is 5.75 Å². The van der Waals surface area contributed by atoms with Crippen molar-refractivity contribution in [2.75, 3.05) is 6.54 Å². The van der Waals surface area contributed by atoms with Crippen LogP contribution in [0.1, 0.15) is 25.4 Å². The summed E-state index contributed by atoms with van der Waals surface area (Å²) in [5.41, 5.74) is 0.326. The van der Waals surface area contributed by atoms with Crippen LogP contribution < -0.4 is 10.1 Å². The first-order chi connectivity index (χ1) is 12.8. The summed E-state index contributed by atoms with van der Waals surface area (Å²) < 4.78 is 37.3. The van der Waals surface area contributed by atoms with E-state index >= 15 is 0 Å². The van der Waals surface area contributed by atoms with E-state index in [9.17, 15) is 13.6 Å². The molecule has 1 amide bonds. The topological polar surface area (TPSA) is 54.7 Å². The lowest BCUT2D eigenvalue weighted by Crippen LogP contribution is -2.33. The van der Waals surface area contributed by atoms with Crippen molar-refractivity contribution in [1.29, 1.82) is 0 Å². The summed E-state index contributed by atoms with van der Waals surface area (Å²) in [7, 11) is 0. The van der Waals surface area contributed by atoms with Gasteiger partial charge in [0.05, 0.1) is 0 Å². The largest absolute Gasteiger partial charge is 0.483 e. The molecule has 5 nitrogen and oxygen atoms in total. The molecular formula is C19H18F2N2O3S. The summed E-state index contributed by atoms with van der Waals surface area (Å²) in [4.78, 5) is 13.9. The van der Waals surface area contributed by atoms with Crippen molar-refractivity contribution in [2.45, 2.75) is 20.5 Å². The third-order valence-corrected chi connectivity index (χ3v) is 4.07. The molecule has 1 aromatic heterocycles. The van der Waals surface area contributed by atoms with Gasteiger partial charge in [0.25, 0.3) is 5.91 Å². The van der Waals surface area contributed by atoms with Gasteiger partial charge in [-0.3, -0.25) is 9.69 Å². The minimum Gasteiger partial charge on any atom is -0.483 e. The number of carbonyl (C=O) groups excluding carboxylic acids is 1. The predicted molar refractivity (Wildman–Crippen MR) is 99.7 cm³/mol. The predicted octanol–water partition coefficient (Wildman–Crippen LogP) is 3.85. The second kappa shape index (κ2) is 7.87. The Morgan fingerprint density at radius 1 is 1.30 bits per heavy atom. The van der Waals surface area contributed by atoms with E-state index in [1.54, 1.807) is 18.2 Å². The van der Waals surface area contributed by atoms with Gasteiger partial charge < -0.3 is 14.5 Å². The van der Waals surface area contributed by atoms with Crippen LogP contribution in [0, 0.1) is 17.6 Å². The highest BCUT2D eigenvalue weighted by Gasteiger charge is 2.31. The molecule has 1 aromatic carbocycles. The van der Waals surface area contributed by atoms with Gasteiger partial charge in [-0.05, 0) is 42.4 Å². The van der Waals surface area contributed by atoms with Crippen LogP contribution in [-0.4, -0.2) is 22.5 Å². The second-order valence-electron chi connectivity index (χ2n) is 6.47. The summed E-state index contributed by atoms with van der Waals surface area (Å²) in [6.45, 7) is 4.49. The Morgan fingerprint density at radius 2 is 2.07 bits per heavy atom. The molecule has 2 aromatic rings. The Morgan fingerprint density at radius 3 is 2.78 bits per heavy atom. The van der Waals surface area contributed by atoms with Crippen LogP contribution in [0.5, 0.6) is 5.75 Å². The molecule has 0 unspecified atom stereocenters. The van der Waals surface area contributed by atoms with Gasteiger partial charge in [0.15, 0.2) is 16.7 Å². The number of furan rings is 1. The molecule has 3 rings (SSSR count). The van der Waals surface area contributed by atoms with E-state index in [-0.39, 0.29) is 24.2 Å². The molecule has 2 heterocycles. The standard InChI is InChI=1S/C19H18F2N2O3S/c1-11(2)9-23-18(24)16(22-19(23)27)8-13-4-5-14(26-13)10-25-17-6-3-12(20)7-15(17)21/h3-8,11H,9-10H2,1-2H3,(H,22,27)/b16-8+. The van der Waals surface area contributed by atoms with Gasteiger partial charge in [0.1, 0.15) is 29.6 Å². The monoisotopic (exact) mass is 392 g/mol. The molecule has 0 bridgehead atoms. The molecule has 0 radical (unpaired) electrons. The Labute approximate surface area is 160 Å². The maximum Gasteiger partial charge on any atom is 0.276 e. The van der Waals surface area contributed by atoms with Crippen LogP contribution >= 0.6 is 12.2 Å². The van der Waals surface area contributed by atoms with Crippen LogP contribution in [0.2, 0.25) is 0 Å². The average molecular weight is 392 g/mol. The maximum atomic E-state index is 13.6. The number of nitrogens with zero attached hydrogens (tertiary/aromatic N) is 1. The molecular weight excluding hydrogens is 374 g/mol. The molecule has 0 saturated carbocycles. The normalized spacial score (nSPS) is 15.7. The summed E-state index contributed by atoms with van der Waals surface area (Å²) in [6.07, 6.45) is 1.55. The molecule has 1 N–H and O–H groups in total. The minimum absolute atomic E-state index is 0.0367. The highest BCUT2D eigenvalue weighted by molar-refractivity contribution is 7.80. The lowest BCUT2D eigenvalue weighted by atomic mass is 10.2. The van der Waals surface area contributed by atoms with Gasteiger partial charge >= 0.3 is 0 Å². The zero-order valence-electron chi connectivity index (χ0n) is 14.8. The van der Waals surface area contributed by atoms with Crippen LogP contribution in [0.3, 0.4) is 0 Å². The van der Waals surface area contributed by atoms with E-state index in [0.717, 1.165) is 12.1 Å². The molecule has 1 saturated heterocycles. The quantitative estimate of drug-likeness (QED) is 0.598. The number of rotatable bonds is 6. The molecule has 0 atom stereocenters. The Balaban J connectivity index is 1.66. The number of hydrogen-bond acceptors (Lipinski definition) is 4. The van der Waals surface area contributed by atoms with Crippen molar-refractivity contribution in [3.63, 3.8) is 0 Å². The number of amides is 1. The van der Waals surface area contributed by atoms with Gasteiger partial charge in [-0.15, -0.1) is 0 Å². The fourth-order valence-corrected chi connectivity index (χ4v) is 2.80. The number of ether oxygens (including phenoxy) is 1. The van der Waals surface area contributed by atoms with E-state index in [1.807, 2.05) is 13.8 Å². The van der Waals surface area contributed by atoms with E-state index in [2.05, 4.69) is 5.32 Å². The van der Waals surface area contributed by atoms with Gasteiger partial charge in [-0.1, -0.05) is 13.8 Å². The van der Waals surface area contributed by atoms with Crippen LogP contribution in [0.15, 0.2) is 40.4 Å². The number of benzene rings is 1. The van der Waals surface area contributed by atoms with Gasteiger partial charge in [-0.25, -0.2) is 8.78 Å². The van der Waals surface area contributed by atoms with Gasteiger partial charge in [0.2, 0.25) is 0 Å². The lowest BCUT2D eigenvalue weighted by molar-refractivity contribution is -0.122. The molecule has 0 spiro atoms. The van der Waals surface area contributed by atoms with E-state index in [0.29, 0.717) is 28.9 Å². The van der Waals surface area contributed by atoms with Crippen molar-refractivity contribution < 1.29 is 22.7 Å². The maximum absolute atomic E-state index is 13.6. The summed E-state index contributed by atoms with van der Waals surface area (Å²) in [5.74, 6) is -0.609. The van der Waals surface area contributed by atoms with Crippen LogP contribution in [0.25, 0.3) is 6.08 Å². The van der Waals surface area contributed by atoms with E-state index in [1.165, 1.54) is 11.0 Å². The fourth-order valence-electron chi connectivity index (χ4n) is 2.54. The lowest BCUT2D eigenvalue weighted by Gasteiger charge is -2.15. The fraction of sp³-hybridized carbons (Fsp3) is 0.263. The van der Waals surface area contributed by atoms with Gasteiger partial charge in [0, 0.05) is 18.7 Å². The average Bonchev–Trinajstić information content (AvgIpc) is 3.14. The van der Waals surface area contributed by atoms with E-state index in [4.69, 9.17) is 21.4 Å². The number of hydrogen-bond donors (Lipinski definition) is 1. The smallest absolute Gasteiger partial charge is 0.276 e. The summed E-state index contributed by atoms with van der Waals surface area (Å²) in [6, 6.07) is 6.38. The molecule has 27 heavy (non-hydrogen) atoms. The van der Waals surface area contributed by atoms with Crippen LogP contribution in [-0.2, 0) is 11.4 Å². The summed E-state index contributed by atoms with van der Waals surface area (Å²) in [5, 5.41) is 3.24. The molecule has 1 fully saturated rings. The van der Waals surface area contributed by atoms with Crippen molar-refractivity contribution in [1.82, 2.24) is 10.2 Å². The third-order valence-electron chi connectivity index (χ3n) is 3.74. The molecule has 8 heteroatoms. The first kappa shape index (κ1) is 19.0. The van der Waals surface area contributed by atoms with Crippen molar-refractivity contribution >= 4 is 29.3 Å². The highest BCUT2D eigenvalue weighted by Crippen LogP contribution is 2.21. The number of halogens is 2. The number of carbonyl (C=O) groups is 1. The van der Waals surface area contributed by atoms with E-state index < -0.39 is 11.6 Å². The zero-order chi connectivity index (χ0) is 19.6. The Bertz CT molecular complexity index is 908. The van der Waals surface area contributed by atoms with Crippen molar-refractivity contribution in [3.05, 3.63) is 59.2 Å². The number of nitrogens with one attached hydrogen (secondary N) is 1. The first-order valence-electron chi connectivity index (χ1n) is 8.34. The second-order valence-corrected chi connectivity index (χ2v) is 6.85.